The molecule has 2 rings (SSSR count). The van der Waals surface area contributed by atoms with Crippen LogP contribution in [0.15, 0.2) is 36.4 Å². The van der Waals surface area contributed by atoms with Gasteiger partial charge in [-0.15, -0.1) is 0 Å². The van der Waals surface area contributed by atoms with E-state index in [1.165, 1.54) is 6.07 Å². The molecule has 0 radical (unpaired) electrons. The number of carbonyl (C=O) groups excluding carboxylic acids is 1. The number of urea groups is 1. The largest absolute Gasteiger partial charge is 0.396 e. The standard InChI is InChI=1S/C16H21FN2O2/c1-11(8-13-4-2-3-5-15(13)17)18-16(21)19-14-7-6-12(9-14)10-20/h2-7,11-12,14,20H,8-10H2,1H3,(H2,18,19,21)/t11?,12-,14+/m0/s1. The molecule has 1 unspecified atom stereocenters. The first kappa shape index (κ1) is 15.5. The smallest absolute Gasteiger partial charge is 0.315 e. The maximum Gasteiger partial charge on any atom is 0.315 e. The molecule has 2 amide bonds. The van der Waals surface area contributed by atoms with E-state index in [9.17, 15) is 9.18 Å². The van der Waals surface area contributed by atoms with Crippen molar-refractivity contribution in [3.8, 4) is 0 Å². The number of halogens is 1. The minimum Gasteiger partial charge on any atom is -0.396 e. The summed E-state index contributed by atoms with van der Waals surface area (Å²) in [6.07, 6.45) is 4.96. The third kappa shape index (κ3) is 4.56. The highest BCUT2D eigenvalue weighted by atomic mass is 19.1. The summed E-state index contributed by atoms with van der Waals surface area (Å²) in [5.41, 5.74) is 0.589. The van der Waals surface area contributed by atoms with Crippen LogP contribution in [0.1, 0.15) is 18.9 Å². The van der Waals surface area contributed by atoms with Crippen molar-refractivity contribution >= 4 is 6.03 Å². The molecule has 1 aromatic rings. The van der Waals surface area contributed by atoms with E-state index < -0.39 is 0 Å². The first-order chi connectivity index (χ1) is 10.1. The first-order valence-electron chi connectivity index (χ1n) is 7.18. The van der Waals surface area contributed by atoms with Crippen LogP contribution in [-0.4, -0.2) is 29.8 Å². The molecule has 3 N–H and O–H groups in total. The fourth-order valence-electron chi connectivity index (χ4n) is 2.50. The van der Waals surface area contributed by atoms with Gasteiger partial charge in [0.15, 0.2) is 0 Å². The summed E-state index contributed by atoms with van der Waals surface area (Å²) in [5, 5.41) is 14.7. The van der Waals surface area contributed by atoms with E-state index in [4.69, 9.17) is 5.11 Å². The van der Waals surface area contributed by atoms with Crippen molar-refractivity contribution in [2.45, 2.75) is 31.8 Å². The Hall–Kier alpha value is -1.88. The summed E-state index contributed by atoms with van der Waals surface area (Å²) in [4.78, 5) is 11.9. The highest BCUT2D eigenvalue weighted by molar-refractivity contribution is 5.74. The Balaban J connectivity index is 1.78. The van der Waals surface area contributed by atoms with Gasteiger partial charge >= 0.3 is 6.03 Å². The summed E-state index contributed by atoms with van der Waals surface area (Å²) in [6, 6.07) is 6.07. The lowest BCUT2D eigenvalue weighted by Crippen LogP contribution is -2.45. The average Bonchev–Trinajstić information content (AvgIpc) is 2.88. The molecular weight excluding hydrogens is 271 g/mol. The molecule has 0 aliphatic heterocycles. The predicted octanol–water partition coefficient (Wildman–Crippen LogP) is 1.99. The number of aliphatic hydroxyl groups excluding tert-OH is 1. The summed E-state index contributed by atoms with van der Waals surface area (Å²) in [5.74, 6) is -0.137. The van der Waals surface area contributed by atoms with Gasteiger partial charge in [0.05, 0.1) is 0 Å². The first-order valence-corrected chi connectivity index (χ1v) is 7.18. The topological polar surface area (TPSA) is 61.4 Å². The van der Waals surface area contributed by atoms with Gasteiger partial charge < -0.3 is 15.7 Å². The van der Waals surface area contributed by atoms with E-state index >= 15 is 0 Å². The van der Waals surface area contributed by atoms with Crippen LogP contribution in [0.5, 0.6) is 0 Å². The molecule has 21 heavy (non-hydrogen) atoms. The van der Waals surface area contributed by atoms with Crippen LogP contribution >= 0.6 is 0 Å². The molecule has 1 aliphatic carbocycles. The van der Waals surface area contributed by atoms with E-state index in [0.717, 1.165) is 0 Å². The lowest BCUT2D eigenvalue weighted by molar-refractivity contribution is 0.229. The lowest BCUT2D eigenvalue weighted by Gasteiger charge is -2.18. The number of carbonyl (C=O) groups is 1. The van der Waals surface area contributed by atoms with Gasteiger partial charge in [0.25, 0.3) is 0 Å². The maximum atomic E-state index is 13.5. The fourth-order valence-corrected chi connectivity index (χ4v) is 2.50. The number of amides is 2. The number of hydrogen-bond acceptors (Lipinski definition) is 2. The molecule has 114 valence electrons. The number of aliphatic hydroxyl groups is 1. The molecule has 5 heteroatoms. The van der Waals surface area contributed by atoms with Crippen molar-refractivity contribution in [3.63, 3.8) is 0 Å². The molecule has 0 bridgehead atoms. The van der Waals surface area contributed by atoms with Gasteiger partial charge in [-0.05, 0) is 31.4 Å². The highest BCUT2D eigenvalue weighted by Crippen LogP contribution is 2.16. The number of nitrogens with one attached hydrogen (secondary N) is 2. The molecule has 3 atom stereocenters. The maximum absolute atomic E-state index is 13.5. The summed E-state index contributed by atoms with van der Waals surface area (Å²) >= 11 is 0. The second kappa shape index (κ2) is 7.22. The number of hydrogen-bond donors (Lipinski definition) is 3. The van der Waals surface area contributed by atoms with Crippen molar-refractivity contribution in [1.29, 1.82) is 0 Å². The molecule has 0 heterocycles. The summed E-state index contributed by atoms with van der Waals surface area (Å²) in [6.45, 7) is 1.94. The number of rotatable bonds is 5. The van der Waals surface area contributed by atoms with Crippen molar-refractivity contribution in [2.24, 2.45) is 5.92 Å². The van der Waals surface area contributed by atoms with Crippen molar-refractivity contribution in [2.75, 3.05) is 6.61 Å². The minimum absolute atomic E-state index is 0.0530. The zero-order chi connectivity index (χ0) is 15.2. The lowest BCUT2D eigenvalue weighted by atomic mass is 10.1. The zero-order valence-corrected chi connectivity index (χ0v) is 12.1. The van der Waals surface area contributed by atoms with Gasteiger partial charge in [-0.1, -0.05) is 30.4 Å². The van der Waals surface area contributed by atoms with Crippen LogP contribution in [0, 0.1) is 11.7 Å². The SMILES string of the molecule is CC(Cc1ccccc1F)NC(=O)N[C@@H]1C=C[C@H](CO)C1. The second-order valence-electron chi connectivity index (χ2n) is 5.48. The highest BCUT2D eigenvalue weighted by Gasteiger charge is 2.20. The van der Waals surface area contributed by atoms with Crippen molar-refractivity contribution < 1.29 is 14.3 Å². The van der Waals surface area contributed by atoms with E-state index in [-0.39, 0.29) is 36.5 Å². The van der Waals surface area contributed by atoms with Crippen molar-refractivity contribution in [1.82, 2.24) is 10.6 Å². The predicted molar refractivity (Wildman–Crippen MR) is 79.4 cm³/mol. The molecule has 0 saturated carbocycles. The average molecular weight is 292 g/mol. The van der Waals surface area contributed by atoms with Crippen LogP contribution in [0.25, 0.3) is 0 Å². The van der Waals surface area contributed by atoms with Crippen LogP contribution in [0.4, 0.5) is 9.18 Å². The Morgan fingerprint density at radius 3 is 2.86 bits per heavy atom. The van der Waals surface area contributed by atoms with E-state index in [1.807, 2.05) is 19.1 Å². The third-order valence-corrected chi connectivity index (χ3v) is 3.58. The van der Waals surface area contributed by atoms with Gasteiger partial charge in [0.2, 0.25) is 0 Å². The van der Waals surface area contributed by atoms with Gasteiger partial charge in [-0.3, -0.25) is 0 Å². The van der Waals surface area contributed by atoms with Crippen LogP contribution < -0.4 is 10.6 Å². The minimum atomic E-state index is -0.271. The monoisotopic (exact) mass is 292 g/mol. The van der Waals surface area contributed by atoms with Gasteiger partial charge in [-0.25, -0.2) is 9.18 Å². The fraction of sp³-hybridized carbons (Fsp3) is 0.438. The quantitative estimate of drug-likeness (QED) is 0.727. The zero-order valence-electron chi connectivity index (χ0n) is 12.1. The second-order valence-corrected chi connectivity index (χ2v) is 5.48. The van der Waals surface area contributed by atoms with Crippen LogP contribution in [0.2, 0.25) is 0 Å². The van der Waals surface area contributed by atoms with Crippen LogP contribution in [0.3, 0.4) is 0 Å². The molecule has 0 aromatic heterocycles. The molecule has 1 aliphatic rings. The van der Waals surface area contributed by atoms with Crippen molar-refractivity contribution in [3.05, 3.63) is 47.8 Å². The molecule has 0 saturated heterocycles. The summed E-state index contributed by atoms with van der Waals surface area (Å²) in [7, 11) is 0. The Morgan fingerprint density at radius 2 is 2.19 bits per heavy atom. The summed E-state index contributed by atoms with van der Waals surface area (Å²) < 4.78 is 13.5. The molecule has 0 fully saturated rings. The number of benzene rings is 1. The molecular formula is C16H21FN2O2. The van der Waals surface area contributed by atoms with E-state index in [2.05, 4.69) is 10.6 Å². The van der Waals surface area contributed by atoms with Gasteiger partial charge in [-0.2, -0.15) is 0 Å². The molecule has 4 nitrogen and oxygen atoms in total. The van der Waals surface area contributed by atoms with E-state index in [0.29, 0.717) is 18.4 Å². The van der Waals surface area contributed by atoms with E-state index in [1.54, 1.807) is 18.2 Å². The van der Waals surface area contributed by atoms with Gasteiger partial charge in [0.1, 0.15) is 5.82 Å². The normalized spacial score (nSPS) is 22.0. The Bertz CT molecular complexity index is 519. The Kier molecular flexibility index (Phi) is 5.33. The Morgan fingerprint density at radius 1 is 1.43 bits per heavy atom. The van der Waals surface area contributed by atoms with Crippen LogP contribution in [-0.2, 0) is 6.42 Å². The van der Waals surface area contributed by atoms with Gasteiger partial charge in [0, 0.05) is 24.6 Å². The molecule has 0 spiro atoms. The third-order valence-electron chi connectivity index (χ3n) is 3.58. The Labute approximate surface area is 124 Å². The molecule has 1 aromatic carbocycles.